The number of hydrogen-bond donors (Lipinski definition) is 1. The minimum Gasteiger partial charge on any atom is -0.351 e. The van der Waals surface area contributed by atoms with Crippen LogP contribution in [0.2, 0.25) is 0 Å². The van der Waals surface area contributed by atoms with E-state index in [4.69, 9.17) is 4.98 Å². The van der Waals surface area contributed by atoms with E-state index >= 15 is 0 Å². The molecule has 8 nitrogen and oxygen atoms in total. The maximum atomic E-state index is 13.1. The number of carbonyl (C=O) groups is 1. The fraction of sp³-hybridized carbons (Fsp3) is 0.167. The maximum absolute atomic E-state index is 13.1. The lowest BCUT2D eigenvalue weighted by atomic mass is 10.2. The van der Waals surface area contributed by atoms with E-state index in [1.165, 1.54) is 4.40 Å². The number of hydrogen-bond acceptors (Lipinski definition) is 4. The van der Waals surface area contributed by atoms with Gasteiger partial charge in [-0.25, -0.2) is 9.97 Å². The van der Waals surface area contributed by atoms with Gasteiger partial charge in [0, 0.05) is 38.2 Å². The van der Waals surface area contributed by atoms with Crippen molar-refractivity contribution in [2.75, 3.05) is 6.54 Å². The zero-order chi connectivity index (χ0) is 21.9. The Kier molecular flexibility index (Phi) is 5.25. The van der Waals surface area contributed by atoms with Crippen LogP contribution in [0, 0.1) is 0 Å². The van der Waals surface area contributed by atoms with Gasteiger partial charge in [0.25, 0.3) is 11.5 Å². The summed E-state index contributed by atoms with van der Waals surface area (Å²) < 4.78 is 5.29. The SMILES string of the molecule is O=C(NCCCn1ccnc1)c1cc2c(=O)n3ccccc3nc2n1Cc1ccccc1. The highest BCUT2D eigenvalue weighted by Gasteiger charge is 2.19. The lowest BCUT2D eigenvalue weighted by Gasteiger charge is -2.11. The number of nitrogens with one attached hydrogen (secondary N) is 1. The van der Waals surface area contributed by atoms with Gasteiger partial charge >= 0.3 is 0 Å². The number of aryl methyl sites for hydroxylation is 1. The van der Waals surface area contributed by atoms with Crippen LogP contribution in [-0.2, 0) is 13.1 Å². The summed E-state index contributed by atoms with van der Waals surface area (Å²) in [4.78, 5) is 34.9. The summed E-state index contributed by atoms with van der Waals surface area (Å²) in [6.07, 6.45) is 7.84. The first kappa shape index (κ1) is 19.7. The second-order valence-electron chi connectivity index (χ2n) is 7.59. The van der Waals surface area contributed by atoms with Gasteiger partial charge in [-0.2, -0.15) is 0 Å². The van der Waals surface area contributed by atoms with Crippen LogP contribution in [0.5, 0.6) is 0 Å². The highest BCUT2D eigenvalue weighted by atomic mass is 16.2. The number of rotatable bonds is 7. The number of imidazole rings is 1. The number of amides is 1. The van der Waals surface area contributed by atoms with Crippen LogP contribution in [-0.4, -0.2) is 36.0 Å². The zero-order valence-corrected chi connectivity index (χ0v) is 17.4. The Balaban J connectivity index is 1.50. The second kappa shape index (κ2) is 8.50. The summed E-state index contributed by atoms with van der Waals surface area (Å²) >= 11 is 0. The average molecular weight is 426 g/mol. The van der Waals surface area contributed by atoms with Gasteiger partial charge in [-0.05, 0) is 30.2 Å². The third-order valence-corrected chi connectivity index (χ3v) is 5.43. The van der Waals surface area contributed by atoms with Crippen molar-refractivity contribution in [3.05, 3.63) is 101 Å². The monoisotopic (exact) mass is 426 g/mol. The van der Waals surface area contributed by atoms with E-state index in [9.17, 15) is 9.59 Å². The molecule has 0 aliphatic heterocycles. The van der Waals surface area contributed by atoms with E-state index in [0.717, 1.165) is 18.5 Å². The smallest absolute Gasteiger partial charge is 0.268 e. The third-order valence-electron chi connectivity index (χ3n) is 5.43. The van der Waals surface area contributed by atoms with Crippen LogP contribution in [0.15, 0.2) is 84.3 Å². The number of fused-ring (bicyclic) bond motifs is 2. The van der Waals surface area contributed by atoms with Crippen molar-refractivity contribution in [1.29, 1.82) is 0 Å². The van der Waals surface area contributed by atoms with Crippen molar-refractivity contribution in [2.24, 2.45) is 0 Å². The average Bonchev–Trinajstić information content (AvgIpc) is 3.46. The predicted molar refractivity (Wildman–Crippen MR) is 122 cm³/mol. The van der Waals surface area contributed by atoms with Crippen LogP contribution >= 0.6 is 0 Å². The van der Waals surface area contributed by atoms with E-state index < -0.39 is 0 Å². The molecule has 5 aromatic rings. The summed E-state index contributed by atoms with van der Waals surface area (Å²) in [6.45, 7) is 1.72. The van der Waals surface area contributed by atoms with Gasteiger partial charge in [0.2, 0.25) is 0 Å². The molecule has 4 aromatic heterocycles. The minimum atomic E-state index is -0.224. The molecule has 0 atom stereocenters. The molecule has 4 heterocycles. The Morgan fingerprint density at radius 1 is 1.03 bits per heavy atom. The highest BCUT2D eigenvalue weighted by Crippen LogP contribution is 2.18. The number of nitrogens with zero attached hydrogens (tertiary/aromatic N) is 5. The molecule has 1 aromatic carbocycles. The van der Waals surface area contributed by atoms with Gasteiger partial charge in [-0.3, -0.25) is 14.0 Å². The number of pyridine rings is 1. The Hall–Kier alpha value is -4.20. The van der Waals surface area contributed by atoms with Gasteiger partial charge in [0.1, 0.15) is 17.0 Å². The Bertz CT molecular complexity index is 1430. The van der Waals surface area contributed by atoms with Gasteiger partial charge in [-0.15, -0.1) is 0 Å². The Morgan fingerprint density at radius 3 is 2.69 bits per heavy atom. The first-order valence-corrected chi connectivity index (χ1v) is 10.5. The molecular formula is C24H22N6O2. The van der Waals surface area contributed by atoms with E-state index in [1.807, 2.05) is 51.7 Å². The molecule has 0 aliphatic rings. The second-order valence-corrected chi connectivity index (χ2v) is 7.59. The van der Waals surface area contributed by atoms with Crippen LogP contribution in [0.25, 0.3) is 16.7 Å². The van der Waals surface area contributed by atoms with Gasteiger partial charge in [0.15, 0.2) is 0 Å². The van der Waals surface area contributed by atoms with Crippen LogP contribution in [0.1, 0.15) is 22.5 Å². The summed E-state index contributed by atoms with van der Waals surface area (Å²) in [5.41, 5.74) is 2.31. The van der Waals surface area contributed by atoms with Crippen molar-refractivity contribution in [2.45, 2.75) is 19.5 Å². The van der Waals surface area contributed by atoms with E-state index in [-0.39, 0.29) is 11.5 Å². The predicted octanol–water partition coefficient (Wildman–Crippen LogP) is 2.71. The van der Waals surface area contributed by atoms with Crippen LogP contribution in [0.3, 0.4) is 0 Å². The van der Waals surface area contributed by atoms with Gasteiger partial charge < -0.3 is 14.5 Å². The molecule has 0 saturated heterocycles. The molecule has 160 valence electrons. The summed E-state index contributed by atoms with van der Waals surface area (Å²) in [6, 6.07) is 16.9. The largest absolute Gasteiger partial charge is 0.351 e. The molecule has 0 unspecified atom stereocenters. The molecule has 0 bridgehead atoms. The molecule has 0 radical (unpaired) electrons. The first-order valence-electron chi connectivity index (χ1n) is 10.5. The molecule has 1 amide bonds. The number of benzene rings is 1. The topological polar surface area (TPSA) is 86.2 Å². The van der Waals surface area contributed by atoms with Crippen LogP contribution in [0.4, 0.5) is 0 Å². The summed E-state index contributed by atoms with van der Waals surface area (Å²) in [7, 11) is 0. The molecule has 0 fully saturated rings. The van der Waals surface area contributed by atoms with Crippen LogP contribution < -0.4 is 10.9 Å². The Morgan fingerprint density at radius 2 is 1.88 bits per heavy atom. The molecule has 1 N–H and O–H groups in total. The fourth-order valence-electron chi connectivity index (χ4n) is 3.84. The van der Waals surface area contributed by atoms with Crippen molar-refractivity contribution >= 4 is 22.6 Å². The highest BCUT2D eigenvalue weighted by molar-refractivity contribution is 5.98. The van der Waals surface area contributed by atoms with E-state index in [2.05, 4.69) is 10.3 Å². The quantitative estimate of drug-likeness (QED) is 0.406. The van der Waals surface area contributed by atoms with E-state index in [1.54, 1.807) is 36.9 Å². The third kappa shape index (κ3) is 3.78. The molecule has 0 aliphatic carbocycles. The summed E-state index contributed by atoms with van der Waals surface area (Å²) in [5, 5.41) is 3.40. The minimum absolute atomic E-state index is 0.188. The molecule has 8 heteroatoms. The number of carbonyl (C=O) groups excluding carboxylic acids is 1. The van der Waals surface area contributed by atoms with E-state index in [0.29, 0.717) is 35.5 Å². The standard InChI is InChI=1S/C24H22N6O2/c31-23(26-10-6-12-28-14-11-25-17-28)20-15-19-22(30(20)16-18-7-2-1-3-8-18)27-21-9-4-5-13-29(21)24(19)32/h1-5,7-9,11,13-15,17H,6,10,12,16H2,(H,26,31). The zero-order valence-electron chi connectivity index (χ0n) is 17.4. The molecule has 32 heavy (non-hydrogen) atoms. The summed E-state index contributed by atoms with van der Waals surface area (Å²) in [5.74, 6) is -0.224. The Labute approximate surface area is 183 Å². The van der Waals surface area contributed by atoms with Crippen molar-refractivity contribution in [3.63, 3.8) is 0 Å². The normalized spacial score (nSPS) is 11.2. The molecule has 0 saturated carbocycles. The molecular weight excluding hydrogens is 404 g/mol. The maximum Gasteiger partial charge on any atom is 0.268 e. The van der Waals surface area contributed by atoms with Crippen molar-refractivity contribution < 1.29 is 4.79 Å². The lowest BCUT2D eigenvalue weighted by molar-refractivity contribution is 0.0944. The van der Waals surface area contributed by atoms with Crippen molar-refractivity contribution in [3.8, 4) is 0 Å². The number of aromatic nitrogens is 5. The van der Waals surface area contributed by atoms with Crippen molar-refractivity contribution in [1.82, 2.24) is 28.8 Å². The molecule has 5 rings (SSSR count). The fourth-order valence-corrected chi connectivity index (χ4v) is 3.84. The lowest BCUT2D eigenvalue weighted by Crippen LogP contribution is -2.27. The van der Waals surface area contributed by atoms with Gasteiger partial charge in [-0.1, -0.05) is 36.4 Å². The van der Waals surface area contributed by atoms with Gasteiger partial charge in [0.05, 0.1) is 11.7 Å². The molecule has 0 spiro atoms. The first-order chi connectivity index (χ1) is 15.7.